The first kappa shape index (κ1) is 8.09. The highest BCUT2D eigenvalue weighted by atomic mass is 127. The van der Waals surface area contributed by atoms with Crippen LogP contribution in [0.1, 0.15) is 33.6 Å². The zero-order chi connectivity index (χ0) is 8.22. The maximum absolute atomic E-state index is 2.52. The van der Waals surface area contributed by atoms with Gasteiger partial charge in [-0.3, -0.25) is 0 Å². The van der Waals surface area contributed by atoms with Gasteiger partial charge in [-0.15, -0.1) is 0 Å². The van der Waals surface area contributed by atoms with Crippen molar-refractivity contribution in [1.82, 2.24) is 0 Å². The van der Waals surface area contributed by atoms with Crippen LogP contribution >= 0.6 is 22.6 Å². The summed E-state index contributed by atoms with van der Waals surface area (Å²) in [5, 5.41) is 0. The molecular weight excluding hydrogens is 247 g/mol. The molecule has 3 aliphatic carbocycles. The minimum Gasteiger partial charge on any atom is -0.0604 e. The molecule has 3 rings (SSSR count). The van der Waals surface area contributed by atoms with Crippen LogP contribution in [0.5, 0.6) is 0 Å². The number of halogens is 1. The second kappa shape index (κ2) is 2.24. The molecule has 0 spiro atoms. The van der Waals surface area contributed by atoms with E-state index >= 15 is 0 Å². The largest absolute Gasteiger partial charge is 0.0604 e. The van der Waals surface area contributed by atoms with E-state index in [0.29, 0.717) is 5.41 Å². The zero-order valence-corrected chi connectivity index (χ0v) is 9.60. The van der Waals surface area contributed by atoms with Crippen LogP contribution < -0.4 is 0 Å². The fraction of sp³-hybridized carbons (Fsp3) is 0.800. The van der Waals surface area contributed by atoms with E-state index in [1.165, 1.54) is 12.8 Å². The molecule has 1 saturated carbocycles. The monoisotopic (exact) mass is 262 g/mol. The molecular formula is C10H15I. The van der Waals surface area contributed by atoms with Crippen LogP contribution in [0.3, 0.4) is 0 Å². The van der Waals surface area contributed by atoms with Crippen molar-refractivity contribution in [2.45, 2.75) is 33.6 Å². The highest BCUT2D eigenvalue weighted by Gasteiger charge is 2.51. The number of hydrogen-bond donors (Lipinski definition) is 0. The zero-order valence-electron chi connectivity index (χ0n) is 7.45. The average Bonchev–Trinajstić information content (AvgIpc) is 1.93. The van der Waals surface area contributed by atoms with E-state index in [2.05, 4.69) is 43.4 Å². The lowest BCUT2D eigenvalue weighted by atomic mass is 9.49. The van der Waals surface area contributed by atoms with Gasteiger partial charge in [-0.1, -0.05) is 19.4 Å². The molecule has 0 unspecified atom stereocenters. The third kappa shape index (κ3) is 0.927. The summed E-state index contributed by atoms with van der Waals surface area (Å²) in [6.45, 7) is 7.18. The Morgan fingerprint density at radius 3 is 2.45 bits per heavy atom. The lowest BCUT2D eigenvalue weighted by molar-refractivity contribution is -0.00645. The van der Waals surface area contributed by atoms with Crippen molar-refractivity contribution in [3.63, 3.8) is 0 Å². The van der Waals surface area contributed by atoms with Gasteiger partial charge in [0.1, 0.15) is 0 Å². The van der Waals surface area contributed by atoms with Crippen LogP contribution in [0.25, 0.3) is 0 Å². The fourth-order valence-corrected chi connectivity index (χ4v) is 3.57. The van der Waals surface area contributed by atoms with E-state index in [4.69, 9.17) is 0 Å². The van der Waals surface area contributed by atoms with Crippen molar-refractivity contribution in [2.75, 3.05) is 0 Å². The van der Waals surface area contributed by atoms with Crippen molar-refractivity contribution in [1.29, 1.82) is 0 Å². The molecule has 0 aromatic rings. The molecule has 3 aliphatic rings. The smallest absolute Gasteiger partial charge is 0.00988 e. The minimum atomic E-state index is 0.624. The molecule has 0 heterocycles. The van der Waals surface area contributed by atoms with Crippen LogP contribution in [0.2, 0.25) is 0 Å². The van der Waals surface area contributed by atoms with Gasteiger partial charge < -0.3 is 0 Å². The summed E-state index contributed by atoms with van der Waals surface area (Å²) in [5.74, 6) is 1.90. The quantitative estimate of drug-likeness (QED) is 0.583. The molecule has 0 saturated heterocycles. The van der Waals surface area contributed by atoms with Crippen LogP contribution in [-0.2, 0) is 0 Å². The van der Waals surface area contributed by atoms with Gasteiger partial charge >= 0.3 is 0 Å². The molecule has 1 fully saturated rings. The van der Waals surface area contributed by atoms with Crippen molar-refractivity contribution < 1.29 is 0 Å². The van der Waals surface area contributed by atoms with E-state index in [-0.39, 0.29) is 0 Å². The topological polar surface area (TPSA) is 0 Å². The predicted molar refractivity (Wildman–Crippen MR) is 56.7 cm³/mol. The first-order valence-corrected chi connectivity index (χ1v) is 5.46. The number of fused-ring (bicyclic) bond motifs is 1. The number of allylic oxidation sites excluding steroid dienone is 2. The first-order valence-electron chi connectivity index (χ1n) is 4.38. The Morgan fingerprint density at radius 1 is 1.45 bits per heavy atom. The Balaban J connectivity index is 2.34. The van der Waals surface area contributed by atoms with Crippen molar-refractivity contribution in [3.05, 3.63) is 9.15 Å². The van der Waals surface area contributed by atoms with E-state index < -0.39 is 0 Å². The molecule has 0 aromatic carbocycles. The molecule has 0 radical (unpaired) electrons. The van der Waals surface area contributed by atoms with Gasteiger partial charge in [0, 0.05) is 0 Å². The molecule has 62 valence electrons. The van der Waals surface area contributed by atoms with E-state index in [0.717, 1.165) is 11.8 Å². The van der Waals surface area contributed by atoms with Gasteiger partial charge in [0.25, 0.3) is 0 Å². The summed E-state index contributed by atoms with van der Waals surface area (Å²) in [5.41, 5.74) is 2.30. The molecule has 11 heavy (non-hydrogen) atoms. The number of rotatable bonds is 0. The van der Waals surface area contributed by atoms with Crippen LogP contribution in [0.4, 0.5) is 0 Å². The van der Waals surface area contributed by atoms with Gasteiger partial charge in [-0.25, -0.2) is 0 Å². The summed E-state index contributed by atoms with van der Waals surface area (Å²) >= 11 is 2.52. The maximum atomic E-state index is 2.52. The average molecular weight is 262 g/mol. The molecule has 0 N–H and O–H groups in total. The van der Waals surface area contributed by atoms with Crippen molar-refractivity contribution in [3.8, 4) is 0 Å². The Kier molecular flexibility index (Phi) is 1.65. The normalized spacial score (nSPS) is 40.4. The Labute approximate surface area is 82.6 Å². The third-order valence-electron chi connectivity index (χ3n) is 3.85. The highest BCUT2D eigenvalue weighted by molar-refractivity contribution is 14.1. The molecule has 0 nitrogen and oxygen atoms in total. The van der Waals surface area contributed by atoms with Crippen LogP contribution in [0.15, 0.2) is 9.15 Å². The molecule has 0 aromatic heterocycles. The van der Waals surface area contributed by atoms with Gasteiger partial charge in [0.05, 0.1) is 0 Å². The minimum absolute atomic E-state index is 0.624. The van der Waals surface area contributed by atoms with Gasteiger partial charge in [-0.05, 0) is 63.2 Å². The van der Waals surface area contributed by atoms with Crippen LogP contribution in [0, 0.1) is 17.3 Å². The second-order valence-corrected chi connectivity index (χ2v) is 5.90. The molecule has 0 amide bonds. The summed E-state index contributed by atoms with van der Waals surface area (Å²) in [6, 6.07) is 0. The predicted octanol–water partition coefficient (Wildman–Crippen LogP) is 3.76. The summed E-state index contributed by atoms with van der Waals surface area (Å²) in [6.07, 6.45) is 2.82. The van der Waals surface area contributed by atoms with E-state index in [1.54, 1.807) is 9.15 Å². The summed E-state index contributed by atoms with van der Waals surface area (Å²) < 4.78 is 1.64. The second-order valence-electron chi connectivity index (χ2n) is 4.60. The highest BCUT2D eigenvalue weighted by Crippen LogP contribution is 2.61. The first-order chi connectivity index (χ1) is 5.03. The fourth-order valence-electron chi connectivity index (χ4n) is 2.66. The Bertz CT molecular complexity index is 225. The van der Waals surface area contributed by atoms with Gasteiger partial charge in [-0.2, -0.15) is 0 Å². The van der Waals surface area contributed by atoms with Crippen LogP contribution in [-0.4, -0.2) is 0 Å². The van der Waals surface area contributed by atoms with E-state index in [1.807, 2.05) is 0 Å². The summed E-state index contributed by atoms with van der Waals surface area (Å²) in [7, 11) is 0. The standard InChI is InChI=1S/C10H15I/c1-6-8-4-7(5-9(6)11)10(8,2)3/h7-8H,4-5H2,1-3H3/t7-,8+/m0/s1. The lowest BCUT2D eigenvalue weighted by Gasteiger charge is -2.57. The van der Waals surface area contributed by atoms with Crippen molar-refractivity contribution in [2.24, 2.45) is 17.3 Å². The van der Waals surface area contributed by atoms with Crippen molar-refractivity contribution >= 4 is 22.6 Å². The van der Waals surface area contributed by atoms with E-state index in [9.17, 15) is 0 Å². The molecule has 1 heteroatoms. The van der Waals surface area contributed by atoms with Gasteiger partial charge in [0.15, 0.2) is 0 Å². The van der Waals surface area contributed by atoms with Gasteiger partial charge in [0.2, 0.25) is 0 Å². The molecule has 0 aliphatic heterocycles. The molecule has 2 bridgehead atoms. The summed E-state index contributed by atoms with van der Waals surface area (Å²) in [4.78, 5) is 0. The SMILES string of the molecule is CC1=C(I)C[C@@H]2C[C@H]1C2(C)C. The Morgan fingerprint density at radius 2 is 2.09 bits per heavy atom. The Hall–Kier alpha value is 0.470. The number of hydrogen-bond acceptors (Lipinski definition) is 0. The lowest BCUT2D eigenvalue weighted by Crippen LogP contribution is -2.48. The molecule has 2 atom stereocenters. The third-order valence-corrected chi connectivity index (χ3v) is 5.14. The maximum Gasteiger partial charge on any atom is -0.00988 e.